The summed E-state index contributed by atoms with van der Waals surface area (Å²) in [6.45, 7) is 0. The average molecular weight is 364 g/mol. The number of rotatable bonds is 6. The van der Waals surface area contributed by atoms with Crippen LogP contribution in [0.4, 0.5) is 6.01 Å². The quantitative estimate of drug-likeness (QED) is 0.676. The maximum Gasteiger partial charge on any atom is 0.322 e. The van der Waals surface area contributed by atoms with Crippen molar-refractivity contribution in [3.63, 3.8) is 0 Å². The van der Waals surface area contributed by atoms with E-state index in [0.717, 1.165) is 4.90 Å². The van der Waals surface area contributed by atoms with Crippen LogP contribution in [0.15, 0.2) is 45.8 Å². The van der Waals surface area contributed by atoms with Gasteiger partial charge in [0, 0.05) is 35.3 Å². The molecule has 0 unspecified atom stereocenters. The van der Waals surface area contributed by atoms with E-state index < -0.39 is 0 Å². The number of aromatic nitrogens is 4. The monoisotopic (exact) mass is 363 g/mol. The van der Waals surface area contributed by atoms with Crippen molar-refractivity contribution in [2.75, 3.05) is 11.1 Å². The summed E-state index contributed by atoms with van der Waals surface area (Å²) in [4.78, 5) is 13.0. The number of nitrogens with one attached hydrogen (secondary N) is 1. The van der Waals surface area contributed by atoms with E-state index in [4.69, 9.17) is 16.0 Å². The minimum atomic E-state index is -0.187. The Morgan fingerprint density at radius 1 is 1.29 bits per heavy atom. The van der Waals surface area contributed by atoms with Crippen molar-refractivity contribution in [2.45, 2.75) is 11.3 Å². The highest BCUT2D eigenvalue weighted by Gasteiger charge is 2.13. The molecule has 0 fully saturated rings. The number of thioether (sulfide) groups is 1. The van der Waals surface area contributed by atoms with E-state index in [9.17, 15) is 4.79 Å². The molecule has 2 aromatic heterocycles. The molecule has 0 aliphatic heterocycles. The van der Waals surface area contributed by atoms with Crippen LogP contribution in [0, 0.1) is 0 Å². The Hall–Kier alpha value is -2.32. The molecule has 1 aromatic carbocycles. The van der Waals surface area contributed by atoms with Crippen molar-refractivity contribution in [3.05, 3.63) is 41.6 Å². The first-order valence-electron chi connectivity index (χ1n) is 7.12. The van der Waals surface area contributed by atoms with Gasteiger partial charge in [-0.2, -0.15) is 5.10 Å². The molecular weight excluding hydrogens is 350 g/mol. The molecule has 2 heterocycles. The first-order chi connectivity index (χ1) is 11.6. The second-order valence-corrected chi connectivity index (χ2v) is 6.49. The minimum Gasteiger partial charge on any atom is -0.401 e. The number of hydrogen-bond donors (Lipinski definition) is 1. The van der Waals surface area contributed by atoms with Gasteiger partial charge in [-0.1, -0.05) is 16.7 Å². The number of aryl methyl sites for hydroxylation is 1. The molecule has 124 valence electrons. The van der Waals surface area contributed by atoms with Crippen LogP contribution in [0.2, 0.25) is 5.02 Å². The predicted octanol–water partition coefficient (Wildman–Crippen LogP) is 3.24. The standard InChI is InChI=1S/C15H14ClN5O2S/c1-21-8-6-12(20-21)14-18-19-15(23-14)17-13(22)7-9-24-11-4-2-10(16)3-5-11/h2-6,8H,7,9H2,1H3,(H,17,19,22). The number of hydrogen-bond acceptors (Lipinski definition) is 6. The highest BCUT2D eigenvalue weighted by atomic mass is 35.5. The van der Waals surface area contributed by atoms with Gasteiger partial charge in [0.15, 0.2) is 0 Å². The van der Waals surface area contributed by atoms with Crippen molar-refractivity contribution in [2.24, 2.45) is 7.05 Å². The van der Waals surface area contributed by atoms with Gasteiger partial charge in [0.2, 0.25) is 5.91 Å². The summed E-state index contributed by atoms with van der Waals surface area (Å²) >= 11 is 7.41. The maximum atomic E-state index is 11.9. The number of amides is 1. The van der Waals surface area contributed by atoms with E-state index in [0.29, 0.717) is 22.9 Å². The third kappa shape index (κ3) is 4.36. The summed E-state index contributed by atoms with van der Waals surface area (Å²) in [7, 11) is 1.79. The summed E-state index contributed by atoms with van der Waals surface area (Å²) < 4.78 is 7.01. The number of carbonyl (C=O) groups excluding carboxylic acids is 1. The zero-order valence-corrected chi connectivity index (χ0v) is 14.3. The van der Waals surface area contributed by atoms with Gasteiger partial charge in [0.05, 0.1) is 0 Å². The fraction of sp³-hybridized carbons (Fsp3) is 0.200. The van der Waals surface area contributed by atoms with Crippen LogP contribution in [0.25, 0.3) is 11.6 Å². The van der Waals surface area contributed by atoms with Crippen molar-refractivity contribution >= 4 is 35.3 Å². The van der Waals surface area contributed by atoms with E-state index in [1.54, 1.807) is 35.8 Å². The van der Waals surface area contributed by atoms with Crippen molar-refractivity contribution in [1.82, 2.24) is 20.0 Å². The Bertz CT molecular complexity index is 831. The highest BCUT2D eigenvalue weighted by molar-refractivity contribution is 7.99. The van der Waals surface area contributed by atoms with E-state index >= 15 is 0 Å². The van der Waals surface area contributed by atoms with Gasteiger partial charge in [-0.15, -0.1) is 16.9 Å². The molecule has 1 amide bonds. The topological polar surface area (TPSA) is 85.8 Å². The van der Waals surface area contributed by atoms with Gasteiger partial charge in [-0.05, 0) is 30.3 Å². The maximum absolute atomic E-state index is 11.9. The fourth-order valence-electron chi connectivity index (χ4n) is 1.88. The van der Waals surface area contributed by atoms with E-state index in [1.165, 1.54) is 0 Å². The Morgan fingerprint density at radius 2 is 2.08 bits per heavy atom. The Morgan fingerprint density at radius 3 is 2.79 bits per heavy atom. The summed E-state index contributed by atoms with van der Waals surface area (Å²) in [5.74, 6) is 0.712. The van der Waals surface area contributed by atoms with Crippen LogP contribution in [-0.4, -0.2) is 31.6 Å². The highest BCUT2D eigenvalue weighted by Crippen LogP contribution is 2.21. The molecule has 0 saturated heterocycles. The molecule has 0 atom stereocenters. The Labute approximate surface area is 147 Å². The lowest BCUT2D eigenvalue weighted by Crippen LogP contribution is -2.12. The summed E-state index contributed by atoms with van der Waals surface area (Å²) in [6, 6.07) is 9.30. The second-order valence-electron chi connectivity index (χ2n) is 4.89. The van der Waals surface area contributed by atoms with Crippen LogP contribution in [-0.2, 0) is 11.8 Å². The van der Waals surface area contributed by atoms with Gasteiger partial charge in [-0.25, -0.2) is 0 Å². The molecule has 1 N–H and O–H groups in total. The van der Waals surface area contributed by atoms with Crippen LogP contribution in [0.5, 0.6) is 0 Å². The van der Waals surface area contributed by atoms with E-state index in [2.05, 4.69) is 20.6 Å². The minimum absolute atomic E-state index is 0.0668. The molecular formula is C15H14ClN5O2S. The fourth-order valence-corrected chi connectivity index (χ4v) is 2.86. The average Bonchev–Trinajstić information content (AvgIpc) is 3.18. The largest absolute Gasteiger partial charge is 0.401 e. The van der Waals surface area contributed by atoms with Crippen LogP contribution < -0.4 is 5.32 Å². The molecule has 24 heavy (non-hydrogen) atoms. The zero-order valence-electron chi connectivity index (χ0n) is 12.8. The number of benzene rings is 1. The first-order valence-corrected chi connectivity index (χ1v) is 8.48. The lowest BCUT2D eigenvalue weighted by atomic mass is 10.4. The first kappa shape index (κ1) is 16.5. The van der Waals surface area contributed by atoms with Crippen molar-refractivity contribution in [1.29, 1.82) is 0 Å². The predicted molar refractivity (Wildman–Crippen MR) is 91.9 cm³/mol. The summed E-state index contributed by atoms with van der Waals surface area (Å²) in [6.07, 6.45) is 2.10. The van der Waals surface area contributed by atoms with Crippen molar-refractivity contribution in [3.8, 4) is 11.6 Å². The Balaban J connectivity index is 1.48. The van der Waals surface area contributed by atoms with Crippen LogP contribution >= 0.6 is 23.4 Å². The smallest absolute Gasteiger partial charge is 0.322 e. The van der Waals surface area contributed by atoms with Gasteiger partial charge in [-0.3, -0.25) is 14.8 Å². The van der Waals surface area contributed by atoms with Gasteiger partial charge in [0.25, 0.3) is 5.89 Å². The molecule has 7 nitrogen and oxygen atoms in total. The second kappa shape index (κ2) is 7.50. The normalized spacial score (nSPS) is 10.8. The molecule has 0 aliphatic rings. The lowest BCUT2D eigenvalue weighted by molar-refractivity contribution is -0.115. The molecule has 0 saturated carbocycles. The third-order valence-electron chi connectivity index (χ3n) is 3.02. The van der Waals surface area contributed by atoms with Gasteiger partial charge >= 0.3 is 6.01 Å². The number of anilines is 1. The molecule has 3 rings (SSSR count). The van der Waals surface area contributed by atoms with Crippen LogP contribution in [0.1, 0.15) is 6.42 Å². The molecule has 3 aromatic rings. The lowest BCUT2D eigenvalue weighted by Gasteiger charge is -2.02. The molecule has 9 heteroatoms. The van der Waals surface area contributed by atoms with E-state index in [-0.39, 0.29) is 17.8 Å². The molecule has 0 radical (unpaired) electrons. The van der Waals surface area contributed by atoms with Crippen molar-refractivity contribution < 1.29 is 9.21 Å². The summed E-state index contributed by atoms with van der Waals surface area (Å²) in [5, 5.41) is 15.1. The number of halogens is 1. The SMILES string of the molecule is Cn1ccc(-c2nnc(NC(=O)CCSc3ccc(Cl)cc3)o2)n1. The summed E-state index contributed by atoms with van der Waals surface area (Å²) in [5.41, 5.74) is 0.559. The zero-order chi connectivity index (χ0) is 16.9. The molecule has 0 aliphatic carbocycles. The van der Waals surface area contributed by atoms with E-state index in [1.807, 2.05) is 24.3 Å². The van der Waals surface area contributed by atoms with Gasteiger partial charge < -0.3 is 4.42 Å². The third-order valence-corrected chi connectivity index (χ3v) is 4.28. The van der Waals surface area contributed by atoms with Gasteiger partial charge in [0.1, 0.15) is 5.69 Å². The Kier molecular flexibility index (Phi) is 5.17. The number of carbonyl (C=O) groups is 1. The molecule has 0 spiro atoms. The molecule has 0 bridgehead atoms. The van der Waals surface area contributed by atoms with Crippen LogP contribution in [0.3, 0.4) is 0 Å². The number of nitrogens with zero attached hydrogens (tertiary/aromatic N) is 4.